The quantitative estimate of drug-likeness (QED) is 0.236. The van der Waals surface area contributed by atoms with Crippen LogP contribution in [0.25, 0.3) is 0 Å². The zero-order valence-corrected chi connectivity index (χ0v) is 21.2. The summed E-state index contributed by atoms with van der Waals surface area (Å²) in [5.41, 5.74) is 9.92. The van der Waals surface area contributed by atoms with Crippen molar-refractivity contribution >= 4 is 46.7 Å². The maximum atomic E-state index is 12.2. The molecule has 2 N–H and O–H groups in total. The second kappa shape index (κ2) is 12.4. The number of hydrogen-bond acceptors (Lipinski definition) is 6. The SMILES string of the molecule is Cc1ncccc1N1CCCS/C1=N\N=C\c1ccc(C(N)=NC=Nc2ccc(OC(F)(F)F)cc2)cc1. The molecule has 8 nitrogen and oxygen atoms in total. The minimum atomic E-state index is -4.74. The first kappa shape index (κ1) is 26.9. The molecule has 4 rings (SSSR count). The Morgan fingerprint density at radius 2 is 1.87 bits per heavy atom. The lowest BCUT2D eigenvalue weighted by atomic mass is 10.1. The van der Waals surface area contributed by atoms with E-state index in [1.54, 1.807) is 36.3 Å². The fourth-order valence-corrected chi connectivity index (χ4v) is 4.38. The van der Waals surface area contributed by atoms with Crippen LogP contribution in [0.3, 0.4) is 0 Å². The summed E-state index contributed by atoms with van der Waals surface area (Å²) in [7, 11) is 0. The molecular formula is C26H24F3N7OS. The molecule has 0 spiro atoms. The molecule has 1 aliphatic heterocycles. The van der Waals surface area contributed by atoms with E-state index in [2.05, 4.69) is 34.8 Å². The second-order valence-corrected chi connectivity index (χ2v) is 9.07. The first-order chi connectivity index (χ1) is 18.3. The number of benzene rings is 2. The fraction of sp³-hybridized carbons (Fsp3) is 0.192. The first-order valence-electron chi connectivity index (χ1n) is 11.5. The Bertz CT molecular complexity index is 1350. The number of ether oxygens (including phenoxy) is 1. The number of amidine groups is 2. The van der Waals surface area contributed by atoms with Crippen molar-refractivity contribution in [3.8, 4) is 5.75 Å². The van der Waals surface area contributed by atoms with Crippen molar-refractivity contribution < 1.29 is 17.9 Å². The predicted octanol–water partition coefficient (Wildman–Crippen LogP) is 5.69. The highest BCUT2D eigenvalue weighted by atomic mass is 32.2. The Balaban J connectivity index is 1.37. The summed E-state index contributed by atoms with van der Waals surface area (Å²) >= 11 is 1.66. The van der Waals surface area contributed by atoms with E-state index in [9.17, 15) is 13.2 Å². The van der Waals surface area contributed by atoms with Crippen molar-refractivity contribution in [1.29, 1.82) is 0 Å². The highest BCUT2D eigenvalue weighted by Crippen LogP contribution is 2.27. The van der Waals surface area contributed by atoms with Crippen LogP contribution in [0.5, 0.6) is 5.75 Å². The monoisotopic (exact) mass is 539 g/mol. The smallest absolute Gasteiger partial charge is 0.406 e. The summed E-state index contributed by atoms with van der Waals surface area (Å²) < 4.78 is 40.6. The largest absolute Gasteiger partial charge is 0.573 e. The maximum Gasteiger partial charge on any atom is 0.573 e. The van der Waals surface area contributed by atoms with Gasteiger partial charge in [0, 0.05) is 24.1 Å². The van der Waals surface area contributed by atoms with Crippen LogP contribution in [0.15, 0.2) is 87.0 Å². The Kier molecular flexibility index (Phi) is 8.74. The topological polar surface area (TPSA) is 101 Å². The molecule has 3 aromatic rings. The lowest BCUT2D eigenvalue weighted by molar-refractivity contribution is -0.274. The van der Waals surface area contributed by atoms with E-state index in [0.29, 0.717) is 11.3 Å². The van der Waals surface area contributed by atoms with Crippen molar-refractivity contribution in [2.24, 2.45) is 25.9 Å². The molecule has 0 aliphatic carbocycles. The predicted molar refractivity (Wildman–Crippen MR) is 147 cm³/mol. The Morgan fingerprint density at radius 1 is 1.11 bits per heavy atom. The molecule has 1 aromatic heterocycles. The molecular weight excluding hydrogens is 515 g/mol. The van der Waals surface area contributed by atoms with Crippen LogP contribution in [0.1, 0.15) is 23.2 Å². The van der Waals surface area contributed by atoms with E-state index >= 15 is 0 Å². The van der Waals surface area contributed by atoms with Crippen LogP contribution >= 0.6 is 11.8 Å². The number of aryl methyl sites for hydroxylation is 1. The number of hydrogen-bond donors (Lipinski definition) is 1. The van der Waals surface area contributed by atoms with Crippen LogP contribution in [-0.4, -0.2) is 47.2 Å². The fourth-order valence-electron chi connectivity index (χ4n) is 3.48. The van der Waals surface area contributed by atoms with Gasteiger partial charge in [0.25, 0.3) is 0 Å². The van der Waals surface area contributed by atoms with Gasteiger partial charge in [0.05, 0.1) is 23.3 Å². The third-order valence-corrected chi connectivity index (χ3v) is 6.34. The molecule has 1 saturated heterocycles. The lowest BCUT2D eigenvalue weighted by Crippen LogP contribution is -2.34. The van der Waals surface area contributed by atoms with Crippen molar-refractivity contribution in [1.82, 2.24) is 4.98 Å². The standard InChI is InChI=1S/C26H24F3N7OS/c1-18-23(4-2-13-31-18)36-14-3-15-38-25(36)35-34-16-19-5-7-20(8-6-19)24(30)33-17-32-21-9-11-22(12-10-21)37-26(27,28)29/h2,4-13,16-17H,3,14-15H2,1H3,(H2,30,32,33)/b34-16+,35-25-. The molecule has 196 valence electrons. The number of nitrogens with zero attached hydrogens (tertiary/aromatic N) is 6. The summed E-state index contributed by atoms with van der Waals surface area (Å²) in [5.74, 6) is 0.891. The van der Waals surface area contributed by atoms with Crippen molar-refractivity contribution in [3.63, 3.8) is 0 Å². The number of nitrogens with two attached hydrogens (primary N) is 1. The molecule has 0 atom stereocenters. The normalized spacial score (nSPS) is 16.1. The molecule has 0 saturated carbocycles. The Hall–Kier alpha value is -4.19. The van der Waals surface area contributed by atoms with E-state index in [0.717, 1.165) is 40.8 Å². The summed E-state index contributed by atoms with van der Waals surface area (Å²) in [6.45, 7) is 2.84. The van der Waals surface area contributed by atoms with Gasteiger partial charge in [0.15, 0.2) is 5.17 Å². The van der Waals surface area contributed by atoms with Gasteiger partial charge in [-0.2, -0.15) is 5.10 Å². The molecule has 0 amide bonds. The third-order valence-electron chi connectivity index (χ3n) is 5.29. The van der Waals surface area contributed by atoms with Gasteiger partial charge in [-0.05, 0) is 55.3 Å². The number of thioether (sulfide) groups is 1. The third kappa shape index (κ3) is 7.65. The summed E-state index contributed by atoms with van der Waals surface area (Å²) in [6, 6.07) is 16.3. The highest BCUT2D eigenvalue weighted by Gasteiger charge is 2.30. The maximum absolute atomic E-state index is 12.2. The van der Waals surface area contributed by atoms with Gasteiger partial charge in [0.1, 0.15) is 17.9 Å². The average Bonchev–Trinajstić information content (AvgIpc) is 2.90. The molecule has 0 bridgehead atoms. The van der Waals surface area contributed by atoms with E-state index in [-0.39, 0.29) is 11.6 Å². The number of alkyl halides is 3. The molecule has 1 aliphatic rings. The number of pyridine rings is 1. The molecule has 12 heteroatoms. The van der Waals surface area contributed by atoms with Gasteiger partial charge in [-0.15, -0.1) is 18.3 Å². The van der Waals surface area contributed by atoms with E-state index < -0.39 is 6.36 Å². The van der Waals surface area contributed by atoms with Crippen molar-refractivity contribution in [2.75, 3.05) is 17.2 Å². The van der Waals surface area contributed by atoms with Gasteiger partial charge < -0.3 is 15.4 Å². The van der Waals surface area contributed by atoms with E-state index in [1.165, 1.54) is 30.6 Å². The number of rotatable bonds is 7. The molecule has 2 heterocycles. The molecule has 38 heavy (non-hydrogen) atoms. The number of halogens is 3. The van der Waals surface area contributed by atoms with Crippen LogP contribution < -0.4 is 15.4 Å². The molecule has 1 fully saturated rings. The van der Waals surface area contributed by atoms with Crippen molar-refractivity contribution in [2.45, 2.75) is 19.7 Å². The van der Waals surface area contributed by atoms with Crippen LogP contribution in [0, 0.1) is 6.92 Å². The summed E-state index contributed by atoms with van der Waals surface area (Å²) in [4.78, 5) is 14.7. The minimum Gasteiger partial charge on any atom is -0.406 e. The minimum absolute atomic E-state index is 0.232. The van der Waals surface area contributed by atoms with Gasteiger partial charge in [-0.1, -0.05) is 36.0 Å². The van der Waals surface area contributed by atoms with Gasteiger partial charge in [-0.3, -0.25) is 4.98 Å². The molecule has 0 unspecified atom stereocenters. The van der Waals surface area contributed by atoms with Gasteiger partial charge >= 0.3 is 6.36 Å². The number of anilines is 1. The van der Waals surface area contributed by atoms with Crippen molar-refractivity contribution in [3.05, 3.63) is 83.7 Å². The van der Waals surface area contributed by atoms with Gasteiger partial charge in [-0.25, -0.2) is 9.98 Å². The van der Waals surface area contributed by atoms with Crippen LogP contribution in [-0.2, 0) is 0 Å². The average molecular weight is 540 g/mol. The highest BCUT2D eigenvalue weighted by molar-refractivity contribution is 8.14. The zero-order chi connectivity index (χ0) is 27.0. The first-order valence-corrected chi connectivity index (χ1v) is 12.5. The lowest BCUT2D eigenvalue weighted by Gasteiger charge is -2.29. The summed E-state index contributed by atoms with van der Waals surface area (Å²) in [6.07, 6.45) is 0.991. The Labute approximate surface area is 221 Å². The number of aromatic nitrogens is 1. The molecule has 2 aromatic carbocycles. The Morgan fingerprint density at radius 3 is 2.58 bits per heavy atom. The summed E-state index contributed by atoms with van der Waals surface area (Å²) in [5, 5.41) is 9.56. The number of aliphatic imine (C=N–C) groups is 2. The van der Waals surface area contributed by atoms with Gasteiger partial charge in [0.2, 0.25) is 0 Å². The second-order valence-electron chi connectivity index (χ2n) is 8.01. The molecule has 0 radical (unpaired) electrons. The zero-order valence-electron chi connectivity index (χ0n) is 20.3. The van der Waals surface area contributed by atoms with Crippen LogP contribution in [0.4, 0.5) is 24.5 Å². The van der Waals surface area contributed by atoms with Crippen LogP contribution in [0.2, 0.25) is 0 Å². The van der Waals surface area contributed by atoms with E-state index in [1.807, 2.05) is 31.2 Å². The van der Waals surface area contributed by atoms with E-state index in [4.69, 9.17) is 5.73 Å².